The monoisotopic (exact) mass is 470 g/mol. The molecule has 2 aromatic carbocycles. The van der Waals surface area contributed by atoms with Crippen LogP contribution >= 0.6 is 11.3 Å². The number of benzene rings is 2. The van der Waals surface area contributed by atoms with Crippen LogP contribution in [-0.4, -0.2) is 42.9 Å². The molecule has 2 N–H and O–H groups in total. The largest absolute Gasteiger partial charge is 0.381 e. The van der Waals surface area contributed by atoms with Crippen molar-refractivity contribution in [1.29, 1.82) is 0 Å². The van der Waals surface area contributed by atoms with E-state index in [-0.39, 0.29) is 17.9 Å². The number of carbonyl (C=O) groups is 2. The number of nitrogens with one attached hydrogen (secondary N) is 2. The van der Waals surface area contributed by atoms with Gasteiger partial charge < -0.3 is 20.3 Å². The van der Waals surface area contributed by atoms with Gasteiger partial charge in [0.1, 0.15) is 11.2 Å². The Bertz CT molecular complexity index is 1400. The summed E-state index contributed by atoms with van der Waals surface area (Å²) in [5, 5.41) is 8.67. The highest BCUT2D eigenvalue weighted by atomic mass is 32.1. The lowest BCUT2D eigenvalue weighted by molar-refractivity contribution is -0.111. The SMILES string of the molecule is CC1CNc2c(sc3ccc4nc(-c5ccc(N6CCC(C=O)CC6)cc5)ccc4c23)C(=O)N1. The maximum atomic E-state index is 12.7. The fourth-order valence-corrected chi connectivity index (χ4v) is 6.12. The minimum absolute atomic E-state index is 0.0121. The molecule has 1 fully saturated rings. The minimum atomic E-state index is -0.0121. The van der Waals surface area contributed by atoms with Crippen molar-refractivity contribution < 1.29 is 9.59 Å². The van der Waals surface area contributed by atoms with Crippen LogP contribution in [0, 0.1) is 5.92 Å². The molecule has 6 rings (SSSR count). The molecule has 0 saturated carbocycles. The summed E-state index contributed by atoms with van der Waals surface area (Å²) in [4.78, 5) is 31.7. The number of piperidine rings is 1. The first-order chi connectivity index (χ1) is 16.6. The number of rotatable bonds is 3. The van der Waals surface area contributed by atoms with Crippen molar-refractivity contribution in [2.75, 3.05) is 29.9 Å². The number of nitrogens with zero attached hydrogens (tertiary/aromatic N) is 2. The number of aromatic nitrogens is 1. The Morgan fingerprint density at radius 1 is 1.06 bits per heavy atom. The molecule has 7 heteroatoms. The molecule has 1 amide bonds. The van der Waals surface area contributed by atoms with Gasteiger partial charge in [0.15, 0.2) is 0 Å². The lowest BCUT2D eigenvalue weighted by Crippen LogP contribution is -2.34. The molecule has 0 aliphatic carbocycles. The summed E-state index contributed by atoms with van der Waals surface area (Å²) in [6.07, 6.45) is 2.94. The molecule has 34 heavy (non-hydrogen) atoms. The molecule has 0 bridgehead atoms. The zero-order chi connectivity index (χ0) is 23.2. The van der Waals surface area contributed by atoms with Crippen molar-refractivity contribution in [2.24, 2.45) is 5.92 Å². The molecule has 2 aromatic heterocycles. The number of aldehydes is 1. The first kappa shape index (κ1) is 21.1. The molecule has 0 spiro atoms. The zero-order valence-corrected chi connectivity index (χ0v) is 19.8. The third kappa shape index (κ3) is 3.60. The Labute approximate surface area is 202 Å². The Balaban J connectivity index is 1.33. The number of pyridine rings is 1. The highest BCUT2D eigenvalue weighted by Gasteiger charge is 2.25. The third-order valence-corrected chi connectivity index (χ3v) is 8.10. The Morgan fingerprint density at radius 3 is 2.62 bits per heavy atom. The molecule has 172 valence electrons. The first-order valence-electron chi connectivity index (χ1n) is 11.8. The Kier molecular flexibility index (Phi) is 5.21. The number of hydrogen-bond acceptors (Lipinski definition) is 6. The van der Waals surface area contributed by atoms with Crippen molar-refractivity contribution in [3.63, 3.8) is 0 Å². The van der Waals surface area contributed by atoms with E-state index in [1.807, 2.05) is 13.0 Å². The smallest absolute Gasteiger partial charge is 0.263 e. The van der Waals surface area contributed by atoms with Crippen LogP contribution in [-0.2, 0) is 4.79 Å². The van der Waals surface area contributed by atoms with Crippen molar-refractivity contribution in [3.05, 3.63) is 53.4 Å². The molecule has 0 radical (unpaired) electrons. The van der Waals surface area contributed by atoms with Gasteiger partial charge in [0, 0.05) is 58.3 Å². The van der Waals surface area contributed by atoms with E-state index in [0.717, 1.165) is 75.0 Å². The normalized spacial score (nSPS) is 18.9. The van der Waals surface area contributed by atoms with Gasteiger partial charge in [-0.1, -0.05) is 12.1 Å². The lowest BCUT2D eigenvalue weighted by atomic mass is 9.98. The van der Waals surface area contributed by atoms with E-state index >= 15 is 0 Å². The Hall–Kier alpha value is -3.45. The fourth-order valence-electron chi connectivity index (χ4n) is 5.02. The van der Waals surface area contributed by atoms with E-state index in [2.05, 4.69) is 58.0 Å². The van der Waals surface area contributed by atoms with Crippen LogP contribution in [0.2, 0.25) is 0 Å². The predicted octanol–water partition coefficient (Wildman–Crippen LogP) is 5.08. The van der Waals surface area contributed by atoms with Gasteiger partial charge in [-0.3, -0.25) is 4.79 Å². The zero-order valence-electron chi connectivity index (χ0n) is 19.0. The highest BCUT2D eigenvalue weighted by molar-refractivity contribution is 7.21. The maximum Gasteiger partial charge on any atom is 0.263 e. The molecule has 4 heterocycles. The van der Waals surface area contributed by atoms with Gasteiger partial charge in [-0.15, -0.1) is 11.3 Å². The van der Waals surface area contributed by atoms with Gasteiger partial charge in [0.2, 0.25) is 0 Å². The first-order valence-corrected chi connectivity index (χ1v) is 12.6. The second-order valence-electron chi connectivity index (χ2n) is 9.27. The average Bonchev–Trinajstić information content (AvgIpc) is 3.20. The molecule has 1 saturated heterocycles. The van der Waals surface area contributed by atoms with Crippen molar-refractivity contribution in [3.8, 4) is 11.3 Å². The van der Waals surface area contributed by atoms with E-state index in [4.69, 9.17) is 4.98 Å². The van der Waals surface area contributed by atoms with Crippen LogP contribution in [0.5, 0.6) is 0 Å². The third-order valence-electron chi connectivity index (χ3n) is 6.95. The van der Waals surface area contributed by atoms with E-state index in [0.29, 0.717) is 6.54 Å². The fraction of sp³-hybridized carbons (Fsp3) is 0.296. The van der Waals surface area contributed by atoms with E-state index in [1.54, 1.807) is 0 Å². The van der Waals surface area contributed by atoms with E-state index in [1.165, 1.54) is 17.0 Å². The molecule has 2 aliphatic heterocycles. The van der Waals surface area contributed by atoms with Crippen molar-refractivity contribution >= 4 is 55.9 Å². The topological polar surface area (TPSA) is 74.3 Å². The number of thiophene rings is 1. The van der Waals surface area contributed by atoms with E-state index in [9.17, 15) is 9.59 Å². The number of amides is 1. The van der Waals surface area contributed by atoms with Crippen LogP contribution in [0.3, 0.4) is 0 Å². The van der Waals surface area contributed by atoms with Crippen molar-refractivity contribution in [1.82, 2.24) is 10.3 Å². The van der Waals surface area contributed by atoms with Gasteiger partial charge in [-0.05, 0) is 56.2 Å². The summed E-state index contributed by atoms with van der Waals surface area (Å²) in [7, 11) is 0. The van der Waals surface area contributed by atoms with Crippen LogP contribution in [0.25, 0.3) is 32.2 Å². The molecule has 2 aliphatic rings. The van der Waals surface area contributed by atoms with Gasteiger partial charge in [0.05, 0.1) is 16.9 Å². The van der Waals surface area contributed by atoms with Crippen LogP contribution in [0.1, 0.15) is 29.4 Å². The standard InChI is InChI=1S/C27H26N4O2S/c1-16-14-28-25-24-20-6-7-21(30-22(20)8-9-23(24)34-26(25)27(33)29-16)18-2-4-19(5-3-18)31-12-10-17(15-32)11-13-31/h2-9,15-17,28H,10-14H2,1H3,(H,29,33). The number of anilines is 2. The van der Waals surface area contributed by atoms with Crippen molar-refractivity contribution in [2.45, 2.75) is 25.8 Å². The van der Waals surface area contributed by atoms with Gasteiger partial charge in [-0.2, -0.15) is 0 Å². The van der Waals surface area contributed by atoms with Crippen LogP contribution in [0.4, 0.5) is 11.4 Å². The summed E-state index contributed by atoms with van der Waals surface area (Å²) in [6, 6.07) is 16.9. The minimum Gasteiger partial charge on any atom is -0.381 e. The number of fused-ring (bicyclic) bond motifs is 5. The number of hydrogen-bond donors (Lipinski definition) is 2. The molecule has 1 unspecified atom stereocenters. The number of carbonyl (C=O) groups excluding carboxylic acids is 2. The quantitative estimate of drug-likeness (QED) is 0.409. The molecular formula is C27H26N4O2S. The lowest BCUT2D eigenvalue weighted by Gasteiger charge is -2.31. The molecule has 4 aromatic rings. The van der Waals surface area contributed by atoms with Crippen LogP contribution in [0.15, 0.2) is 48.5 Å². The molecular weight excluding hydrogens is 444 g/mol. The maximum absolute atomic E-state index is 12.7. The predicted molar refractivity (Wildman–Crippen MR) is 139 cm³/mol. The second kappa shape index (κ2) is 8.40. The average molecular weight is 471 g/mol. The Morgan fingerprint density at radius 2 is 1.85 bits per heavy atom. The molecule has 6 nitrogen and oxygen atoms in total. The van der Waals surface area contributed by atoms with Gasteiger partial charge in [-0.25, -0.2) is 4.98 Å². The highest BCUT2D eigenvalue weighted by Crippen LogP contribution is 2.41. The summed E-state index contributed by atoms with van der Waals surface area (Å²) < 4.78 is 1.09. The van der Waals surface area contributed by atoms with E-state index < -0.39 is 0 Å². The van der Waals surface area contributed by atoms with Crippen LogP contribution < -0.4 is 15.5 Å². The summed E-state index contributed by atoms with van der Waals surface area (Å²) in [5.74, 6) is 0.192. The van der Waals surface area contributed by atoms with Gasteiger partial charge >= 0.3 is 0 Å². The molecule has 1 atom stereocenters. The summed E-state index contributed by atoms with van der Waals surface area (Å²) >= 11 is 1.53. The van der Waals surface area contributed by atoms with Gasteiger partial charge in [0.25, 0.3) is 5.91 Å². The summed E-state index contributed by atoms with van der Waals surface area (Å²) in [6.45, 7) is 4.55. The summed E-state index contributed by atoms with van der Waals surface area (Å²) in [5.41, 5.74) is 5.03. The second-order valence-corrected chi connectivity index (χ2v) is 10.3.